The molecule has 15 nitrogen and oxygen atoms in total. The number of carboxylic acid groups (broad SMARTS) is 2. The van der Waals surface area contributed by atoms with Crippen LogP contribution in [0, 0.1) is 24.7 Å². The number of fused-ring (bicyclic) bond motifs is 8. The number of nitrogens with zero attached hydrogens (tertiary/aromatic N) is 3. The van der Waals surface area contributed by atoms with Gasteiger partial charge in [0.15, 0.2) is 0 Å². The molecule has 4 aliphatic carbocycles. The first-order valence-corrected chi connectivity index (χ1v) is 23.4. The molecule has 0 aromatic heterocycles. The number of hydrogen-bond acceptors (Lipinski definition) is 9. The van der Waals surface area contributed by atoms with Gasteiger partial charge in [-0.2, -0.15) is 0 Å². The van der Waals surface area contributed by atoms with E-state index in [0.29, 0.717) is 47.9 Å². The van der Waals surface area contributed by atoms with E-state index in [4.69, 9.17) is 11.5 Å². The lowest BCUT2D eigenvalue weighted by atomic mass is 9.59. The SMILES string of the molecule is Cc1cccc(N(C2CCCN2[C@@]2(C(=O)NC(=O)O)c3ccc(cc3)CC2(Cc2ccccc2)C(N)=O)C2CCCN2[C@@]2(C(=O)NC(=O)O)c3ccc(cc3)CC2(Cc2ccccc2)C(N)=O)c1C. The number of anilines is 1. The lowest BCUT2D eigenvalue weighted by Gasteiger charge is -2.58. The summed E-state index contributed by atoms with van der Waals surface area (Å²) in [5.74, 6) is -3.47. The number of imide groups is 2. The predicted molar refractivity (Wildman–Crippen MR) is 257 cm³/mol. The van der Waals surface area contributed by atoms with Gasteiger partial charge in [-0.15, -0.1) is 0 Å². The Kier molecular flexibility index (Phi) is 12.2. The number of nitrogens with one attached hydrogen (secondary N) is 2. The Morgan fingerprint density at radius 1 is 0.580 bits per heavy atom. The molecular formula is C54H57N7O8. The van der Waals surface area contributed by atoms with Crippen molar-refractivity contribution >= 4 is 41.5 Å². The van der Waals surface area contributed by atoms with Crippen LogP contribution in [-0.4, -0.2) is 81.2 Å². The van der Waals surface area contributed by atoms with Crippen molar-refractivity contribution in [2.45, 2.75) is 88.6 Å². The normalized spacial score (nSPS) is 26.2. The number of amides is 6. The minimum atomic E-state index is -2.06. The maximum Gasteiger partial charge on any atom is 0.411 e. The molecule has 8 N–H and O–H groups in total. The molecule has 2 aliphatic heterocycles. The first-order valence-electron chi connectivity index (χ1n) is 23.4. The Morgan fingerprint density at radius 2 is 0.986 bits per heavy atom. The third-order valence-corrected chi connectivity index (χ3v) is 15.7. The van der Waals surface area contributed by atoms with Crippen LogP contribution in [0.4, 0.5) is 15.3 Å². The van der Waals surface area contributed by atoms with Crippen molar-refractivity contribution < 1.29 is 39.0 Å². The van der Waals surface area contributed by atoms with E-state index in [0.717, 1.165) is 27.9 Å². The van der Waals surface area contributed by atoms with E-state index >= 15 is 9.59 Å². The summed E-state index contributed by atoms with van der Waals surface area (Å²) in [4.78, 5) is 92.8. The standard InChI is InChI=1S/C54H57N7O8/c1-34-12-9-17-42(35(34)2)61(43-18-10-28-59(43)53(47(64)57-49(66)67)40-24-20-38(21-25-40)32-51(53,45(55)62)30-36-13-5-3-6-14-36)44-19-11-29-60(44)54(48(65)58-50(68)69)41-26-22-39(23-27-41)33-52(54,46(56)63)31-37-15-7-4-8-16-37/h3-9,12-17,20-27,43-44H,10-11,18-19,28-33H2,1-2H3,(H2,55,62)(H2,56,63)(H,57,64)(H,58,65)(H,66,67)(H,68,69)/t43?,44?,51?,52?,53-,54-/m1/s1. The third-order valence-electron chi connectivity index (χ3n) is 15.7. The fourth-order valence-electron chi connectivity index (χ4n) is 12.8. The van der Waals surface area contributed by atoms with Gasteiger partial charge in [0.25, 0.3) is 11.8 Å². The highest BCUT2D eigenvalue weighted by atomic mass is 16.4. The van der Waals surface area contributed by atoms with Crippen molar-refractivity contribution in [3.05, 3.63) is 172 Å². The summed E-state index contributed by atoms with van der Waals surface area (Å²) < 4.78 is 0. The number of nitrogens with two attached hydrogens (primary N) is 2. The zero-order chi connectivity index (χ0) is 48.9. The number of likely N-dealkylation sites (tertiary alicyclic amines) is 2. The summed E-state index contributed by atoms with van der Waals surface area (Å²) in [6, 6.07) is 38.8. The first kappa shape index (κ1) is 46.7. The number of benzene rings is 5. The second-order valence-corrected chi connectivity index (χ2v) is 19.2. The van der Waals surface area contributed by atoms with E-state index in [-0.39, 0.29) is 38.8 Å². The highest BCUT2D eigenvalue weighted by Gasteiger charge is 2.70. The molecule has 2 fully saturated rings. The van der Waals surface area contributed by atoms with Crippen LogP contribution >= 0.6 is 0 Å². The molecule has 2 saturated heterocycles. The Bertz CT molecular complexity index is 2660. The minimum absolute atomic E-state index is 0.00206. The summed E-state index contributed by atoms with van der Waals surface area (Å²) in [5.41, 5.74) is 11.9. The second-order valence-electron chi connectivity index (χ2n) is 19.2. The molecule has 5 aromatic carbocycles. The van der Waals surface area contributed by atoms with Crippen molar-refractivity contribution in [3.63, 3.8) is 0 Å². The van der Waals surface area contributed by atoms with Gasteiger partial charge in [-0.25, -0.2) is 9.59 Å². The first-order chi connectivity index (χ1) is 33.1. The number of rotatable bonds is 13. The average molecular weight is 932 g/mol. The van der Waals surface area contributed by atoms with E-state index in [1.165, 1.54) is 0 Å². The van der Waals surface area contributed by atoms with Gasteiger partial charge in [-0.05, 0) is 116 Å². The summed E-state index contributed by atoms with van der Waals surface area (Å²) in [6.07, 6.45) is -3.12. The molecule has 6 aliphatic rings. The monoisotopic (exact) mass is 931 g/mol. The molecule has 69 heavy (non-hydrogen) atoms. The zero-order valence-electron chi connectivity index (χ0n) is 38.7. The fourth-order valence-corrected chi connectivity index (χ4v) is 12.8. The van der Waals surface area contributed by atoms with Crippen LogP contribution in [0.5, 0.6) is 0 Å². The zero-order valence-corrected chi connectivity index (χ0v) is 38.7. The summed E-state index contributed by atoms with van der Waals surface area (Å²) in [7, 11) is 0. The predicted octanol–water partition coefficient (Wildman–Crippen LogP) is 5.87. The van der Waals surface area contributed by atoms with Crippen molar-refractivity contribution in [2.75, 3.05) is 18.0 Å². The van der Waals surface area contributed by atoms with Gasteiger partial charge in [0.05, 0.1) is 23.2 Å². The van der Waals surface area contributed by atoms with Crippen LogP contribution in [0.25, 0.3) is 0 Å². The Hall–Kier alpha value is -7.36. The van der Waals surface area contributed by atoms with Crippen LogP contribution in [-0.2, 0) is 55.9 Å². The number of carbonyl (C=O) groups is 6. The highest BCUT2D eigenvalue weighted by Crippen LogP contribution is 2.58. The Morgan fingerprint density at radius 3 is 1.36 bits per heavy atom. The lowest BCUT2D eigenvalue weighted by Crippen LogP contribution is -2.75. The number of aryl methyl sites for hydroxylation is 1. The van der Waals surface area contributed by atoms with E-state index in [2.05, 4.69) is 15.5 Å². The van der Waals surface area contributed by atoms with Gasteiger partial charge >= 0.3 is 12.2 Å². The molecule has 6 atom stereocenters. The van der Waals surface area contributed by atoms with Crippen molar-refractivity contribution in [1.82, 2.24) is 20.4 Å². The largest absolute Gasteiger partial charge is 0.465 e. The molecule has 4 bridgehead atoms. The summed E-state index contributed by atoms with van der Waals surface area (Å²) >= 11 is 0. The number of carbonyl (C=O) groups excluding carboxylic acids is 4. The van der Waals surface area contributed by atoms with Crippen LogP contribution in [0.1, 0.15) is 70.2 Å². The maximum atomic E-state index is 15.7. The van der Waals surface area contributed by atoms with E-state index < -0.39 is 70.1 Å². The molecule has 5 aromatic rings. The Labute approximate surface area is 400 Å². The van der Waals surface area contributed by atoms with Crippen molar-refractivity contribution in [3.8, 4) is 0 Å². The molecule has 0 radical (unpaired) electrons. The van der Waals surface area contributed by atoms with Gasteiger partial charge < -0.3 is 26.6 Å². The summed E-state index contributed by atoms with van der Waals surface area (Å²) in [5, 5.41) is 25.3. The molecule has 0 spiro atoms. The van der Waals surface area contributed by atoms with Crippen molar-refractivity contribution in [2.24, 2.45) is 22.3 Å². The molecule has 6 amide bonds. The molecule has 15 heteroatoms. The highest BCUT2D eigenvalue weighted by molar-refractivity contribution is 6.04. The Balaban J connectivity index is 1.33. The average Bonchev–Trinajstić information content (AvgIpc) is 3.88. The van der Waals surface area contributed by atoms with Crippen LogP contribution in [0.15, 0.2) is 127 Å². The van der Waals surface area contributed by atoms with Gasteiger partial charge in [0.2, 0.25) is 11.8 Å². The van der Waals surface area contributed by atoms with Gasteiger partial charge in [0, 0.05) is 18.8 Å². The van der Waals surface area contributed by atoms with E-state index in [1.54, 1.807) is 24.3 Å². The van der Waals surface area contributed by atoms with Crippen LogP contribution in [0.2, 0.25) is 0 Å². The minimum Gasteiger partial charge on any atom is -0.465 e. The number of primary amides is 2. The van der Waals surface area contributed by atoms with Crippen LogP contribution < -0.4 is 27.0 Å². The smallest absolute Gasteiger partial charge is 0.411 e. The van der Waals surface area contributed by atoms with Gasteiger partial charge in [-0.1, -0.05) is 121 Å². The quantitative estimate of drug-likeness (QED) is 0.0818. The van der Waals surface area contributed by atoms with E-state index in [9.17, 15) is 29.4 Å². The second kappa shape index (κ2) is 17.9. The number of hydrogen-bond donors (Lipinski definition) is 6. The maximum absolute atomic E-state index is 15.7. The molecular weight excluding hydrogens is 875 g/mol. The molecule has 356 valence electrons. The van der Waals surface area contributed by atoms with Crippen molar-refractivity contribution in [1.29, 1.82) is 0 Å². The molecule has 11 rings (SSSR count). The van der Waals surface area contributed by atoms with Gasteiger partial charge in [-0.3, -0.25) is 39.6 Å². The molecule has 2 heterocycles. The molecule has 4 unspecified atom stereocenters. The lowest BCUT2D eigenvalue weighted by molar-refractivity contribution is -0.161. The third kappa shape index (κ3) is 7.33. The van der Waals surface area contributed by atoms with Crippen LogP contribution in [0.3, 0.4) is 0 Å². The molecule has 0 saturated carbocycles. The topological polar surface area (TPSA) is 229 Å². The fraction of sp³-hybridized carbons (Fsp3) is 0.333. The summed E-state index contributed by atoms with van der Waals surface area (Å²) in [6.45, 7) is 4.38. The van der Waals surface area contributed by atoms with Gasteiger partial charge in [0.1, 0.15) is 11.1 Å². The van der Waals surface area contributed by atoms with E-state index in [1.807, 2.05) is 127 Å².